The molecule has 0 unspecified atom stereocenters. The van der Waals surface area contributed by atoms with Gasteiger partial charge in [-0.2, -0.15) is 0 Å². The third-order valence-corrected chi connectivity index (χ3v) is 11.6. The van der Waals surface area contributed by atoms with E-state index in [1.807, 2.05) is 58.7 Å². The van der Waals surface area contributed by atoms with Gasteiger partial charge < -0.3 is 39.1 Å². The van der Waals surface area contributed by atoms with Crippen LogP contribution in [0.15, 0.2) is 48.7 Å². The highest BCUT2D eigenvalue weighted by Gasteiger charge is 2.42. The van der Waals surface area contributed by atoms with E-state index in [1.54, 1.807) is 12.0 Å². The van der Waals surface area contributed by atoms with Crippen molar-refractivity contribution in [1.82, 2.24) is 35.1 Å². The minimum Gasteiger partial charge on any atom is -0.488 e. The average Bonchev–Trinajstić information content (AvgIpc) is 4.00. The topological polar surface area (TPSA) is 164 Å². The first kappa shape index (κ1) is 39.2. The van der Waals surface area contributed by atoms with Crippen LogP contribution in [0, 0.1) is 11.8 Å². The Morgan fingerprint density at radius 3 is 2.55 bits per heavy atom. The maximum atomic E-state index is 14.0. The minimum absolute atomic E-state index is 0.0184. The molecule has 0 radical (unpaired) electrons. The first-order valence-corrected chi connectivity index (χ1v) is 20.2. The number of methoxy groups -OCH3 is 2. The number of imidazole rings is 2. The van der Waals surface area contributed by atoms with Crippen LogP contribution in [0.4, 0.5) is 9.59 Å². The summed E-state index contributed by atoms with van der Waals surface area (Å²) in [5.74, 6) is 2.12. The molecule has 2 fully saturated rings. The third-order valence-electron chi connectivity index (χ3n) is 11.6. The fraction of sp³-hybridized carbons (Fsp3) is 0.477. The van der Waals surface area contributed by atoms with Gasteiger partial charge in [0.15, 0.2) is 0 Å². The Balaban J connectivity index is 1.06. The van der Waals surface area contributed by atoms with E-state index in [4.69, 9.17) is 28.9 Å². The lowest BCUT2D eigenvalue weighted by molar-refractivity contribution is -0.137. The van der Waals surface area contributed by atoms with E-state index < -0.39 is 17.7 Å². The number of alkyl carbamates (subject to hydrolysis) is 1. The van der Waals surface area contributed by atoms with Gasteiger partial charge in [0.1, 0.15) is 35.6 Å². The molecule has 3 aliphatic rings. The fourth-order valence-electron chi connectivity index (χ4n) is 8.83. The normalized spacial score (nSPS) is 20.9. The molecule has 0 saturated carbocycles. The second kappa shape index (κ2) is 15.3. The lowest BCUT2D eigenvalue weighted by Gasteiger charge is -2.32. The van der Waals surface area contributed by atoms with Crippen molar-refractivity contribution in [2.24, 2.45) is 11.8 Å². The van der Waals surface area contributed by atoms with E-state index in [1.165, 1.54) is 7.11 Å². The number of carbonyl (C=O) groups is 3. The predicted octanol–water partition coefficient (Wildman–Crippen LogP) is 8.04. The number of ether oxygens (including phenoxy) is 4. The number of hydrogen-bond donors (Lipinski definition) is 3. The SMILES string of the molecule is COC[C@@H]1C[C@H](c2ncc(-c3ccc4c(c3)COc3cc5c(ccc6[nH]c([C@@H]7CC[C@H](C)N7C(=O)[C@@H](NC(=O)OC)C(C)C)nc65)cc3-4)[nH]2)N(C(=O)OC(C)(C)C)C1. The third kappa shape index (κ3) is 7.34. The molecule has 0 spiro atoms. The molecule has 58 heavy (non-hydrogen) atoms. The van der Waals surface area contributed by atoms with Crippen molar-refractivity contribution in [2.45, 2.75) is 97.2 Å². The number of benzene rings is 3. The second-order valence-electron chi connectivity index (χ2n) is 17.2. The lowest BCUT2D eigenvalue weighted by atomic mass is 9.92. The Labute approximate surface area is 338 Å². The summed E-state index contributed by atoms with van der Waals surface area (Å²) in [7, 11) is 2.98. The van der Waals surface area contributed by atoms with Crippen LogP contribution in [-0.4, -0.2) is 92.9 Å². The summed E-state index contributed by atoms with van der Waals surface area (Å²) in [6.45, 7) is 13.0. The van der Waals surface area contributed by atoms with Crippen LogP contribution in [0.1, 0.15) is 90.1 Å². The van der Waals surface area contributed by atoms with Crippen molar-refractivity contribution in [3.8, 4) is 28.1 Å². The van der Waals surface area contributed by atoms with Gasteiger partial charge in [0.05, 0.1) is 48.7 Å². The minimum atomic E-state index is -0.719. The van der Waals surface area contributed by atoms with Crippen molar-refractivity contribution >= 4 is 39.9 Å². The quantitative estimate of drug-likeness (QED) is 0.141. The molecule has 3 aromatic carbocycles. The molecular formula is C44H53N7O7. The number of aromatic nitrogens is 4. The molecule has 14 heteroatoms. The zero-order valence-electron chi connectivity index (χ0n) is 34.5. The molecule has 8 rings (SSSR count). The Kier molecular flexibility index (Phi) is 10.3. The Morgan fingerprint density at radius 2 is 1.81 bits per heavy atom. The summed E-state index contributed by atoms with van der Waals surface area (Å²) in [6.07, 6.45) is 3.14. The van der Waals surface area contributed by atoms with Gasteiger partial charge in [-0.1, -0.05) is 32.0 Å². The molecule has 0 aliphatic carbocycles. The maximum absolute atomic E-state index is 14.0. The Bertz CT molecular complexity index is 2380. The molecule has 2 saturated heterocycles. The molecule has 3 N–H and O–H groups in total. The molecule has 3 aliphatic heterocycles. The molecule has 5 aromatic rings. The first-order chi connectivity index (χ1) is 27.7. The van der Waals surface area contributed by atoms with E-state index >= 15 is 0 Å². The molecule has 306 valence electrons. The smallest absolute Gasteiger partial charge is 0.410 e. The molecular weight excluding hydrogens is 739 g/mol. The van der Waals surface area contributed by atoms with Crippen LogP contribution in [0.5, 0.6) is 5.75 Å². The van der Waals surface area contributed by atoms with Crippen LogP contribution < -0.4 is 10.1 Å². The van der Waals surface area contributed by atoms with Gasteiger partial charge in [0.2, 0.25) is 5.91 Å². The van der Waals surface area contributed by atoms with Gasteiger partial charge in [-0.3, -0.25) is 9.69 Å². The van der Waals surface area contributed by atoms with E-state index in [0.29, 0.717) is 19.8 Å². The van der Waals surface area contributed by atoms with Crippen molar-refractivity contribution < 1.29 is 33.3 Å². The number of likely N-dealkylation sites (tertiary alicyclic amines) is 2. The average molecular weight is 792 g/mol. The van der Waals surface area contributed by atoms with Gasteiger partial charge in [-0.15, -0.1) is 0 Å². The lowest BCUT2D eigenvalue weighted by Crippen LogP contribution is -2.52. The summed E-state index contributed by atoms with van der Waals surface area (Å²) >= 11 is 0. The fourth-order valence-corrected chi connectivity index (χ4v) is 8.83. The molecule has 5 heterocycles. The summed E-state index contributed by atoms with van der Waals surface area (Å²) in [5.41, 5.74) is 6.07. The largest absolute Gasteiger partial charge is 0.488 e. The van der Waals surface area contributed by atoms with E-state index in [9.17, 15) is 14.4 Å². The van der Waals surface area contributed by atoms with Crippen molar-refractivity contribution in [1.29, 1.82) is 0 Å². The number of rotatable bonds is 8. The zero-order chi connectivity index (χ0) is 41.0. The first-order valence-electron chi connectivity index (χ1n) is 20.2. The van der Waals surface area contributed by atoms with Gasteiger partial charge in [-0.05, 0) is 99.2 Å². The second-order valence-corrected chi connectivity index (χ2v) is 17.2. The molecule has 0 bridgehead atoms. The number of amides is 3. The monoisotopic (exact) mass is 791 g/mol. The van der Waals surface area contributed by atoms with Crippen molar-refractivity contribution in [3.05, 3.63) is 65.9 Å². The maximum Gasteiger partial charge on any atom is 0.410 e. The standard InChI is InChI=1S/C44H53N7O7/c1-23(2)37(49-42(53)56-8)41(52)51-24(3)9-14-34(51)40-46-32-13-11-26-17-31-29-12-10-27(16-28(29)22-57-36(31)18-30(26)38(32)48-40)33-19-45-39(47-33)35-15-25(21-55-7)20-50(35)43(54)58-44(4,5)6/h10-13,16-19,23-25,34-35,37H,9,14-15,20-22H2,1-8H3,(H,45,47)(H,46,48)(H,49,53)/t24-,25+,34-,35+,37-/m0/s1. The van der Waals surface area contributed by atoms with Crippen LogP contribution in [0.3, 0.4) is 0 Å². The number of nitrogens with zero attached hydrogens (tertiary/aromatic N) is 4. The molecule has 14 nitrogen and oxygen atoms in total. The van der Waals surface area contributed by atoms with Gasteiger partial charge in [0.25, 0.3) is 0 Å². The Morgan fingerprint density at radius 1 is 1.00 bits per heavy atom. The summed E-state index contributed by atoms with van der Waals surface area (Å²) in [6, 6.07) is 13.5. The number of nitrogens with one attached hydrogen (secondary N) is 3. The number of H-pyrrole nitrogens is 2. The number of aromatic amines is 2. The number of hydrogen-bond acceptors (Lipinski definition) is 9. The van der Waals surface area contributed by atoms with Crippen LogP contribution in [0.25, 0.3) is 44.2 Å². The van der Waals surface area contributed by atoms with Gasteiger partial charge in [-0.25, -0.2) is 19.6 Å². The van der Waals surface area contributed by atoms with Gasteiger partial charge >= 0.3 is 12.2 Å². The Hall–Kier alpha value is -5.63. The highest BCUT2D eigenvalue weighted by molar-refractivity contribution is 6.07. The molecule has 5 atom stereocenters. The van der Waals surface area contributed by atoms with Crippen LogP contribution in [-0.2, 0) is 25.6 Å². The summed E-state index contributed by atoms with van der Waals surface area (Å²) in [4.78, 5) is 59.8. The predicted molar refractivity (Wildman–Crippen MR) is 219 cm³/mol. The van der Waals surface area contributed by atoms with E-state index in [0.717, 1.165) is 86.4 Å². The molecule has 3 amide bonds. The number of carbonyl (C=O) groups excluding carboxylic acids is 3. The summed E-state index contributed by atoms with van der Waals surface area (Å²) < 4.78 is 22.4. The van der Waals surface area contributed by atoms with Crippen molar-refractivity contribution in [2.75, 3.05) is 27.4 Å². The summed E-state index contributed by atoms with van der Waals surface area (Å²) in [5, 5.41) is 4.72. The van der Waals surface area contributed by atoms with E-state index in [2.05, 4.69) is 51.7 Å². The van der Waals surface area contributed by atoms with Crippen LogP contribution in [0.2, 0.25) is 0 Å². The van der Waals surface area contributed by atoms with E-state index in [-0.39, 0.29) is 42.0 Å². The highest BCUT2D eigenvalue weighted by Crippen LogP contribution is 2.44. The highest BCUT2D eigenvalue weighted by atomic mass is 16.6. The molecule has 2 aromatic heterocycles. The number of fused-ring (bicyclic) bond motifs is 6. The van der Waals surface area contributed by atoms with Crippen molar-refractivity contribution in [3.63, 3.8) is 0 Å². The zero-order valence-corrected chi connectivity index (χ0v) is 34.5. The van der Waals surface area contributed by atoms with Crippen LogP contribution >= 0.6 is 0 Å². The van der Waals surface area contributed by atoms with Gasteiger partial charge in [0, 0.05) is 36.6 Å².